The predicted octanol–water partition coefficient (Wildman–Crippen LogP) is 4.37. The number of methoxy groups -OCH3 is 1. The Bertz CT molecular complexity index is 693. The molecule has 0 aliphatic carbocycles. The van der Waals surface area contributed by atoms with E-state index in [0.717, 1.165) is 15.8 Å². The van der Waals surface area contributed by atoms with E-state index in [4.69, 9.17) is 21.1 Å². The van der Waals surface area contributed by atoms with Crippen LogP contribution >= 0.6 is 27.5 Å². The molecule has 122 valence electrons. The van der Waals surface area contributed by atoms with Crippen LogP contribution in [0.2, 0.25) is 5.02 Å². The second-order valence-corrected chi connectivity index (χ2v) is 6.22. The molecule has 0 bridgehead atoms. The number of para-hydroxylation sites is 1. The number of ether oxygens (including phenoxy) is 2. The fourth-order valence-corrected chi connectivity index (χ4v) is 2.85. The highest BCUT2D eigenvalue weighted by Gasteiger charge is 2.14. The first-order chi connectivity index (χ1) is 11.0. The van der Waals surface area contributed by atoms with Crippen LogP contribution in [0, 0.1) is 0 Å². The zero-order chi connectivity index (χ0) is 16.8. The van der Waals surface area contributed by atoms with Gasteiger partial charge in [0.05, 0.1) is 18.2 Å². The molecule has 2 aromatic rings. The molecule has 0 spiro atoms. The lowest BCUT2D eigenvalue weighted by atomic mass is 10.1. The number of halogens is 2. The van der Waals surface area contributed by atoms with E-state index >= 15 is 0 Å². The number of hydrogen-bond donors (Lipinski definition) is 1. The van der Waals surface area contributed by atoms with Crippen LogP contribution < -0.4 is 14.8 Å². The molecule has 6 heteroatoms. The van der Waals surface area contributed by atoms with Crippen LogP contribution in [0.1, 0.15) is 18.5 Å². The van der Waals surface area contributed by atoms with Gasteiger partial charge in [0.15, 0.2) is 6.61 Å². The van der Waals surface area contributed by atoms with E-state index in [1.54, 1.807) is 25.3 Å². The number of carbonyl (C=O) groups excluding carboxylic acids is 1. The maximum absolute atomic E-state index is 12.0. The summed E-state index contributed by atoms with van der Waals surface area (Å²) in [5, 5.41) is 3.32. The Kier molecular flexibility index (Phi) is 6.30. The highest BCUT2D eigenvalue weighted by molar-refractivity contribution is 9.10. The Labute approximate surface area is 148 Å². The Hall–Kier alpha value is -1.72. The van der Waals surface area contributed by atoms with Gasteiger partial charge in [0, 0.05) is 10.0 Å². The topological polar surface area (TPSA) is 47.6 Å². The maximum atomic E-state index is 12.0. The molecule has 1 amide bonds. The fourth-order valence-electron chi connectivity index (χ4n) is 2.12. The minimum absolute atomic E-state index is 0.110. The van der Waals surface area contributed by atoms with Gasteiger partial charge in [-0.1, -0.05) is 45.7 Å². The Morgan fingerprint density at radius 2 is 2.00 bits per heavy atom. The van der Waals surface area contributed by atoms with Gasteiger partial charge < -0.3 is 14.8 Å². The number of carbonyl (C=O) groups is 1. The van der Waals surface area contributed by atoms with Gasteiger partial charge in [-0.25, -0.2) is 0 Å². The minimum Gasteiger partial charge on any atom is -0.496 e. The van der Waals surface area contributed by atoms with Gasteiger partial charge in [-0.2, -0.15) is 0 Å². The third-order valence-corrected chi connectivity index (χ3v) is 4.02. The van der Waals surface area contributed by atoms with Crippen molar-refractivity contribution in [2.75, 3.05) is 13.7 Å². The van der Waals surface area contributed by atoms with Crippen molar-refractivity contribution in [3.05, 3.63) is 57.5 Å². The van der Waals surface area contributed by atoms with Crippen molar-refractivity contribution in [2.24, 2.45) is 0 Å². The molecular weight excluding hydrogens is 382 g/mol. The molecule has 0 aliphatic rings. The molecule has 2 aromatic carbocycles. The Morgan fingerprint density at radius 1 is 1.26 bits per heavy atom. The summed E-state index contributed by atoms with van der Waals surface area (Å²) in [4.78, 5) is 12.0. The number of benzene rings is 2. The molecule has 1 unspecified atom stereocenters. The lowest BCUT2D eigenvalue weighted by molar-refractivity contribution is -0.123. The third-order valence-electron chi connectivity index (χ3n) is 3.24. The first-order valence-electron chi connectivity index (χ1n) is 7.01. The standard InChI is InChI=1S/C17H17BrClNO3/c1-11(13-5-3-4-6-15(13)22-2)20-17(21)10-23-16-8-7-12(18)9-14(16)19/h3-9,11H,10H2,1-2H3,(H,20,21). The zero-order valence-corrected chi connectivity index (χ0v) is 15.1. The summed E-state index contributed by atoms with van der Waals surface area (Å²) < 4.78 is 11.6. The van der Waals surface area contributed by atoms with Gasteiger partial charge in [-0.05, 0) is 31.2 Å². The summed E-state index contributed by atoms with van der Waals surface area (Å²) >= 11 is 9.37. The molecule has 0 aliphatic heterocycles. The molecule has 0 aromatic heterocycles. The van der Waals surface area contributed by atoms with Gasteiger partial charge in [0.2, 0.25) is 0 Å². The lowest BCUT2D eigenvalue weighted by Crippen LogP contribution is -2.31. The second kappa shape index (κ2) is 8.22. The van der Waals surface area contributed by atoms with E-state index in [9.17, 15) is 4.79 Å². The van der Waals surface area contributed by atoms with E-state index in [1.165, 1.54) is 0 Å². The fraction of sp³-hybridized carbons (Fsp3) is 0.235. The summed E-state index contributed by atoms with van der Waals surface area (Å²) in [5.41, 5.74) is 0.907. The largest absolute Gasteiger partial charge is 0.496 e. The minimum atomic E-state index is -0.234. The van der Waals surface area contributed by atoms with E-state index in [2.05, 4.69) is 21.2 Å². The number of amides is 1. The van der Waals surface area contributed by atoms with Crippen molar-refractivity contribution >= 4 is 33.4 Å². The number of hydrogen-bond acceptors (Lipinski definition) is 3. The van der Waals surface area contributed by atoms with E-state index in [0.29, 0.717) is 10.8 Å². The van der Waals surface area contributed by atoms with Crippen molar-refractivity contribution < 1.29 is 14.3 Å². The van der Waals surface area contributed by atoms with Crippen molar-refractivity contribution in [3.8, 4) is 11.5 Å². The Morgan fingerprint density at radius 3 is 2.70 bits per heavy atom. The monoisotopic (exact) mass is 397 g/mol. The zero-order valence-electron chi connectivity index (χ0n) is 12.8. The van der Waals surface area contributed by atoms with Crippen LogP contribution in [-0.4, -0.2) is 19.6 Å². The van der Waals surface area contributed by atoms with Crippen LogP contribution in [0.5, 0.6) is 11.5 Å². The van der Waals surface area contributed by atoms with Crippen LogP contribution in [0.15, 0.2) is 46.9 Å². The van der Waals surface area contributed by atoms with Crippen molar-refractivity contribution in [2.45, 2.75) is 13.0 Å². The SMILES string of the molecule is COc1ccccc1C(C)NC(=O)COc1ccc(Br)cc1Cl. The van der Waals surface area contributed by atoms with E-state index < -0.39 is 0 Å². The van der Waals surface area contributed by atoms with Gasteiger partial charge >= 0.3 is 0 Å². The molecule has 1 N–H and O–H groups in total. The third kappa shape index (κ3) is 4.88. The maximum Gasteiger partial charge on any atom is 0.258 e. The van der Waals surface area contributed by atoms with Gasteiger partial charge in [0.25, 0.3) is 5.91 Å². The van der Waals surface area contributed by atoms with E-state index in [1.807, 2.05) is 31.2 Å². The Balaban J connectivity index is 1.94. The van der Waals surface area contributed by atoms with Crippen LogP contribution in [0.25, 0.3) is 0 Å². The number of rotatable bonds is 6. The molecule has 0 saturated heterocycles. The summed E-state index contributed by atoms with van der Waals surface area (Å²) in [6.07, 6.45) is 0. The molecule has 23 heavy (non-hydrogen) atoms. The van der Waals surface area contributed by atoms with Crippen LogP contribution in [0.4, 0.5) is 0 Å². The average molecular weight is 399 g/mol. The molecular formula is C17H17BrClNO3. The first kappa shape index (κ1) is 17.6. The van der Waals surface area contributed by atoms with Crippen molar-refractivity contribution in [1.29, 1.82) is 0 Å². The number of nitrogens with one attached hydrogen (secondary N) is 1. The summed E-state index contributed by atoms with van der Waals surface area (Å²) in [7, 11) is 1.60. The lowest BCUT2D eigenvalue weighted by Gasteiger charge is -2.17. The van der Waals surface area contributed by atoms with Gasteiger partial charge in [0.1, 0.15) is 11.5 Å². The van der Waals surface area contributed by atoms with Gasteiger partial charge in [-0.3, -0.25) is 4.79 Å². The molecule has 0 fully saturated rings. The quantitative estimate of drug-likeness (QED) is 0.786. The van der Waals surface area contributed by atoms with Crippen LogP contribution in [-0.2, 0) is 4.79 Å². The molecule has 4 nitrogen and oxygen atoms in total. The predicted molar refractivity (Wildman–Crippen MR) is 94.2 cm³/mol. The normalized spacial score (nSPS) is 11.7. The molecule has 0 heterocycles. The van der Waals surface area contributed by atoms with Gasteiger partial charge in [-0.15, -0.1) is 0 Å². The summed E-state index contributed by atoms with van der Waals surface area (Å²) in [5.74, 6) is 0.967. The molecule has 1 atom stereocenters. The second-order valence-electron chi connectivity index (χ2n) is 4.89. The van der Waals surface area contributed by atoms with Crippen LogP contribution in [0.3, 0.4) is 0 Å². The summed E-state index contributed by atoms with van der Waals surface area (Å²) in [6, 6.07) is 12.6. The molecule has 2 rings (SSSR count). The molecule has 0 radical (unpaired) electrons. The average Bonchev–Trinajstić information content (AvgIpc) is 2.54. The highest BCUT2D eigenvalue weighted by atomic mass is 79.9. The highest BCUT2D eigenvalue weighted by Crippen LogP contribution is 2.28. The van der Waals surface area contributed by atoms with Crippen molar-refractivity contribution in [3.63, 3.8) is 0 Å². The smallest absolute Gasteiger partial charge is 0.258 e. The molecule has 0 saturated carbocycles. The van der Waals surface area contributed by atoms with E-state index in [-0.39, 0.29) is 18.6 Å². The summed E-state index contributed by atoms with van der Waals surface area (Å²) in [6.45, 7) is 1.78. The first-order valence-corrected chi connectivity index (χ1v) is 8.18. The van der Waals surface area contributed by atoms with Crippen molar-refractivity contribution in [1.82, 2.24) is 5.32 Å².